The second kappa shape index (κ2) is 16.8. The predicted octanol–water partition coefficient (Wildman–Crippen LogP) is 18.0. The molecule has 0 aliphatic carbocycles. The molecule has 0 spiro atoms. The van der Waals surface area contributed by atoms with Crippen molar-refractivity contribution in [2.45, 2.75) is 0 Å². The molecule has 0 fully saturated rings. The van der Waals surface area contributed by atoms with Crippen LogP contribution in [0.3, 0.4) is 0 Å². The number of benzene rings is 10. The van der Waals surface area contributed by atoms with E-state index in [1.165, 1.54) is 32.3 Å². The Hall–Kier alpha value is -8.45. The van der Waals surface area contributed by atoms with Crippen molar-refractivity contribution in [2.24, 2.45) is 0 Å². The summed E-state index contributed by atoms with van der Waals surface area (Å²) >= 11 is 1.81. The van der Waals surface area contributed by atoms with Gasteiger partial charge in [0.15, 0.2) is 0 Å². The lowest BCUT2D eigenvalue weighted by atomic mass is 9.95. The summed E-state index contributed by atoms with van der Waals surface area (Å²) in [6.45, 7) is 0. The first-order valence-electron chi connectivity index (χ1n) is 22.3. The largest absolute Gasteiger partial charge is 0.497 e. The van der Waals surface area contributed by atoms with Crippen molar-refractivity contribution >= 4 is 87.6 Å². The maximum Gasteiger partial charge on any atom is 0.143 e. The number of fused-ring (bicyclic) bond motifs is 6. The molecule has 12 aromatic rings. The minimum Gasteiger partial charge on any atom is -0.497 e. The number of thiophene rings is 1. The number of anilines is 6. The van der Waals surface area contributed by atoms with E-state index in [1.807, 2.05) is 72.0 Å². The SMILES string of the molecule is COc1cccc(N(c2ccccc2)c2cc(-c3cccc(-c4ccc(-c5cc(N(c6ccccc6)c6ccc(F)cc6)cc6c5sc5ccccc56)cc4)c3)c3oc4ccccc4c3c2)c1. The number of furan rings is 1. The predicted molar refractivity (Wildman–Crippen MR) is 279 cm³/mol. The fourth-order valence-electron chi connectivity index (χ4n) is 9.41. The molecule has 0 saturated heterocycles. The van der Waals surface area contributed by atoms with Gasteiger partial charge in [0.2, 0.25) is 0 Å². The van der Waals surface area contributed by atoms with E-state index in [1.54, 1.807) is 7.11 Å². The van der Waals surface area contributed by atoms with Gasteiger partial charge in [0, 0.05) is 82.3 Å². The lowest BCUT2D eigenvalue weighted by Gasteiger charge is -2.26. The van der Waals surface area contributed by atoms with Crippen molar-refractivity contribution in [1.82, 2.24) is 0 Å². The second-order valence-electron chi connectivity index (χ2n) is 16.6. The highest BCUT2D eigenvalue weighted by molar-refractivity contribution is 7.26. The van der Waals surface area contributed by atoms with Crippen molar-refractivity contribution in [2.75, 3.05) is 16.9 Å². The lowest BCUT2D eigenvalue weighted by Crippen LogP contribution is -2.10. The van der Waals surface area contributed by atoms with E-state index in [0.29, 0.717) is 0 Å². The van der Waals surface area contributed by atoms with E-state index in [-0.39, 0.29) is 5.82 Å². The number of rotatable bonds is 10. The van der Waals surface area contributed by atoms with Crippen molar-refractivity contribution in [3.05, 3.63) is 236 Å². The Bertz CT molecular complexity index is 3750. The topological polar surface area (TPSA) is 28.9 Å². The molecule has 0 aliphatic heterocycles. The monoisotopic (exact) mass is 884 g/mol. The van der Waals surface area contributed by atoms with E-state index in [4.69, 9.17) is 9.15 Å². The number of ether oxygens (including phenoxy) is 1. The van der Waals surface area contributed by atoms with Crippen molar-refractivity contribution in [3.63, 3.8) is 0 Å². The number of halogens is 1. The minimum atomic E-state index is -0.266. The highest BCUT2D eigenvalue weighted by atomic mass is 32.1. The third-order valence-corrected chi connectivity index (χ3v) is 13.8. The summed E-state index contributed by atoms with van der Waals surface area (Å²) in [5.41, 5.74) is 14.1. The number of nitrogens with zero attached hydrogens (tertiary/aromatic N) is 2. The van der Waals surface area contributed by atoms with Crippen LogP contribution in [0, 0.1) is 5.82 Å². The van der Waals surface area contributed by atoms with Gasteiger partial charge in [0.05, 0.1) is 7.11 Å². The van der Waals surface area contributed by atoms with Crippen LogP contribution in [-0.2, 0) is 0 Å². The summed E-state index contributed by atoms with van der Waals surface area (Å²) in [4.78, 5) is 4.48. The summed E-state index contributed by atoms with van der Waals surface area (Å²) in [6, 6.07) is 79.2. The van der Waals surface area contributed by atoms with E-state index in [0.717, 1.165) is 95.2 Å². The van der Waals surface area contributed by atoms with Crippen LogP contribution < -0.4 is 14.5 Å². The summed E-state index contributed by atoms with van der Waals surface area (Å²) in [5, 5.41) is 4.50. The lowest BCUT2D eigenvalue weighted by molar-refractivity contribution is 0.415. The molecule has 0 amide bonds. The number of hydrogen-bond donors (Lipinski definition) is 0. The molecule has 0 atom stereocenters. The van der Waals surface area contributed by atoms with Gasteiger partial charge in [-0.1, -0.05) is 121 Å². The first-order chi connectivity index (χ1) is 33.1. The molecular weight excluding hydrogens is 844 g/mol. The Labute approximate surface area is 391 Å². The number of methoxy groups -OCH3 is 1. The zero-order chi connectivity index (χ0) is 44.8. The van der Waals surface area contributed by atoms with Gasteiger partial charge in [-0.25, -0.2) is 4.39 Å². The molecule has 67 heavy (non-hydrogen) atoms. The first kappa shape index (κ1) is 40.1. The Morgan fingerprint density at radius 1 is 0.403 bits per heavy atom. The molecule has 6 heteroatoms. The molecule has 320 valence electrons. The van der Waals surface area contributed by atoms with Gasteiger partial charge >= 0.3 is 0 Å². The maximum absolute atomic E-state index is 14.3. The van der Waals surface area contributed by atoms with Crippen LogP contribution in [0.2, 0.25) is 0 Å². The van der Waals surface area contributed by atoms with Gasteiger partial charge < -0.3 is 19.0 Å². The molecule has 12 rings (SSSR count). The van der Waals surface area contributed by atoms with Gasteiger partial charge in [-0.3, -0.25) is 0 Å². The standard InChI is InChI=1S/C61H41FN2O2S/c1-65-51-21-13-20-48(35-51)64(46-18-6-3-7-19-46)49-36-54(60-56(38-49)52-22-8-10-24-58(52)66-60)43-15-12-14-42(34-43)40-26-28-41(29-27-40)55-37-50(39-57-53-23-9-11-25-59(53)67-61(55)57)63(45-16-4-2-5-17-45)47-32-30-44(62)31-33-47/h2-39H,1H3. The Kier molecular flexibility index (Phi) is 10.1. The van der Waals surface area contributed by atoms with Gasteiger partial charge in [0.1, 0.15) is 22.7 Å². The maximum atomic E-state index is 14.3. The van der Waals surface area contributed by atoms with Crippen molar-refractivity contribution in [3.8, 4) is 39.1 Å². The summed E-state index contributed by atoms with van der Waals surface area (Å²) < 4.78 is 29.2. The molecule has 10 aromatic carbocycles. The van der Waals surface area contributed by atoms with Gasteiger partial charge in [-0.15, -0.1) is 11.3 Å². The van der Waals surface area contributed by atoms with E-state index < -0.39 is 0 Å². The molecule has 0 N–H and O–H groups in total. The minimum absolute atomic E-state index is 0.266. The van der Waals surface area contributed by atoms with E-state index >= 15 is 0 Å². The number of para-hydroxylation sites is 3. The van der Waals surface area contributed by atoms with Gasteiger partial charge in [0.25, 0.3) is 0 Å². The van der Waals surface area contributed by atoms with Crippen molar-refractivity contribution < 1.29 is 13.5 Å². The van der Waals surface area contributed by atoms with Crippen LogP contribution in [0.15, 0.2) is 235 Å². The summed E-state index contributed by atoms with van der Waals surface area (Å²) in [6.07, 6.45) is 0. The molecule has 2 heterocycles. The molecule has 0 unspecified atom stereocenters. The molecule has 0 saturated carbocycles. The van der Waals surface area contributed by atoms with E-state index in [9.17, 15) is 4.39 Å². The highest BCUT2D eigenvalue weighted by Crippen LogP contribution is 2.47. The summed E-state index contributed by atoms with van der Waals surface area (Å²) in [5.74, 6) is 0.519. The molecule has 0 bridgehead atoms. The summed E-state index contributed by atoms with van der Waals surface area (Å²) in [7, 11) is 1.70. The Morgan fingerprint density at radius 2 is 0.985 bits per heavy atom. The second-order valence-corrected chi connectivity index (χ2v) is 17.7. The smallest absolute Gasteiger partial charge is 0.143 e. The average molecular weight is 885 g/mol. The number of hydrogen-bond acceptors (Lipinski definition) is 5. The van der Waals surface area contributed by atoms with Gasteiger partial charge in [-0.05, 0) is 125 Å². The normalized spacial score (nSPS) is 11.4. The van der Waals surface area contributed by atoms with Crippen LogP contribution in [0.1, 0.15) is 0 Å². The van der Waals surface area contributed by atoms with Crippen LogP contribution in [0.4, 0.5) is 38.5 Å². The Balaban J connectivity index is 0.982. The van der Waals surface area contributed by atoms with E-state index in [2.05, 4.69) is 168 Å². The van der Waals surface area contributed by atoms with Crippen LogP contribution in [0.5, 0.6) is 5.75 Å². The van der Waals surface area contributed by atoms with Crippen LogP contribution in [-0.4, -0.2) is 7.11 Å². The molecule has 2 aromatic heterocycles. The Morgan fingerprint density at radius 3 is 1.73 bits per heavy atom. The molecule has 0 aliphatic rings. The third-order valence-electron chi connectivity index (χ3n) is 12.6. The quantitative estimate of drug-likeness (QED) is 0.137. The zero-order valence-corrected chi connectivity index (χ0v) is 37.3. The molecule has 0 radical (unpaired) electrons. The third kappa shape index (κ3) is 7.34. The zero-order valence-electron chi connectivity index (χ0n) is 36.4. The average Bonchev–Trinajstić information content (AvgIpc) is 3.96. The fourth-order valence-corrected chi connectivity index (χ4v) is 10.6. The van der Waals surface area contributed by atoms with Crippen LogP contribution in [0.25, 0.3) is 75.5 Å². The van der Waals surface area contributed by atoms with Gasteiger partial charge in [-0.2, -0.15) is 0 Å². The molecule has 4 nitrogen and oxygen atoms in total. The first-order valence-corrected chi connectivity index (χ1v) is 23.1. The van der Waals surface area contributed by atoms with Crippen LogP contribution >= 0.6 is 11.3 Å². The highest BCUT2D eigenvalue weighted by Gasteiger charge is 2.22. The fraction of sp³-hybridized carbons (Fsp3) is 0.0164. The van der Waals surface area contributed by atoms with Crippen molar-refractivity contribution in [1.29, 1.82) is 0 Å². The molecular formula is C61H41FN2O2S.